The van der Waals surface area contributed by atoms with E-state index in [0.29, 0.717) is 24.8 Å². The minimum absolute atomic E-state index is 0.211. The van der Waals surface area contributed by atoms with Crippen molar-refractivity contribution in [3.8, 4) is 5.75 Å². The molecule has 0 saturated carbocycles. The molecule has 0 unspecified atom stereocenters. The number of hydrogen-bond acceptors (Lipinski definition) is 5. The fraction of sp³-hybridized carbons (Fsp3) is 0.571. The maximum Gasteiger partial charge on any atom is 0.490 e. The Morgan fingerprint density at radius 1 is 1.34 bits per heavy atom. The van der Waals surface area contributed by atoms with E-state index < -0.39 is 37.1 Å². The highest BCUT2D eigenvalue weighted by atomic mass is 35.5. The number of carbonyl (C=O) groups excluding carboxylic acids is 1. The first-order chi connectivity index (χ1) is 16.1. The Kier molecular flexibility index (Phi) is 11.8. The molecule has 1 aliphatic rings. The molecule has 1 fully saturated rings. The number of halogens is 7. The highest BCUT2D eigenvalue weighted by Gasteiger charge is 2.38. The molecule has 1 saturated heterocycles. The lowest BCUT2D eigenvalue weighted by atomic mass is 10.2. The summed E-state index contributed by atoms with van der Waals surface area (Å²) in [5.74, 6) is -2.87. The first-order valence-corrected chi connectivity index (χ1v) is 10.8. The second-order valence-electron chi connectivity index (χ2n) is 7.67. The van der Waals surface area contributed by atoms with Crippen molar-refractivity contribution in [2.24, 2.45) is 0 Å². The van der Waals surface area contributed by atoms with Crippen LogP contribution < -0.4 is 10.1 Å². The number of amides is 1. The van der Waals surface area contributed by atoms with E-state index in [1.807, 2.05) is 19.2 Å². The van der Waals surface area contributed by atoms with E-state index in [2.05, 4.69) is 17.2 Å². The van der Waals surface area contributed by atoms with Crippen LogP contribution in [0.25, 0.3) is 6.08 Å². The SMILES string of the molecule is CN[C@@H](C)CC=Cc1cnc(Cl)c(O[C@@H]2CCN(C(=O)CCC(F)(F)F)C2)c1.O=C(O)C(F)(F)F. The molecule has 1 amide bonds. The second kappa shape index (κ2) is 13.5. The quantitative estimate of drug-likeness (QED) is 0.372. The van der Waals surface area contributed by atoms with Crippen molar-refractivity contribution in [3.05, 3.63) is 29.1 Å². The van der Waals surface area contributed by atoms with Crippen LogP contribution in [0.2, 0.25) is 5.15 Å². The monoisotopic (exact) mass is 533 g/mol. The van der Waals surface area contributed by atoms with Crippen LogP contribution in [0.15, 0.2) is 18.3 Å². The van der Waals surface area contributed by atoms with E-state index in [9.17, 15) is 31.1 Å². The summed E-state index contributed by atoms with van der Waals surface area (Å²) in [5.41, 5.74) is 0.832. The van der Waals surface area contributed by atoms with Crippen LogP contribution >= 0.6 is 11.6 Å². The number of nitrogens with zero attached hydrogens (tertiary/aromatic N) is 2. The second-order valence-corrected chi connectivity index (χ2v) is 8.03. The van der Waals surface area contributed by atoms with Gasteiger partial charge in [-0.05, 0) is 32.0 Å². The number of carboxylic acids is 1. The van der Waals surface area contributed by atoms with E-state index in [0.717, 1.165) is 12.0 Å². The molecule has 0 bridgehead atoms. The molecular weight excluding hydrogens is 508 g/mol. The van der Waals surface area contributed by atoms with Crippen LogP contribution in [-0.2, 0) is 9.59 Å². The molecule has 1 aromatic heterocycles. The Bertz CT molecular complexity index is 880. The molecule has 0 aromatic carbocycles. The summed E-state index contributed by atoms with van der Waals surface area (Å²) in [6.07, 6.45) is -4.41. The van der Waals surface area contributed by atoms with E-state index in [4.69, 9.17) is 26.2 Å². The fourth-order valence-corrected chi connectivity index (χ4v) is 2.93. The average Bonchev–Trinajstić information content (AvgIpc) is 3.22. The zero-order valence-corrected chi connectivity index (χ0v) is 19.7. The molecule has 35 heavy (non-hydrogen) atoms. The van der Waals surface area contributed by atoms with Gasteiger partial charge in [0.05, 0.1) is 13.0 Å². The number of likely N-dealkylation sites (tertiary alicyclic amines) is 1. The van der Waals surface area contributed by atoms with E-state index in [1.54, 1.807) is 12.3 Å². The molecule has 198 valence electrons. The maximum absolute atomic E-state index is 12.3. The standard InChI is InChI=1S/C19H25ClF3N3O2.C2HF3O2/c1-13(24-2)4-3-5-14-10-16(18(20)25-11-14)28-15-7-9-26(12-15)17(27)6-8-19(21,22)23;3-2(4,5)1(6)7/h3,5,10-11,13,15,24H,4,6-9,12H2,1-2H3;(H,6,7)/t13-,15+;/m0./s1. The molecule has 7 nitrogen and oxygen atoms in total. The minimum Gasteiger partial charge on any atom is -0.485 e. The first kappa shape index (κ1) is 30.5. The number of alkyl halides is 6. The Morgan fingerprint density at radius 3 is 2.51 bits per heavy atom. The van der Waals surface area contributed by atoms with E-state index in [-0.39, 0.29) is 17.8 Å². The van der Waals surface area contributed by atoms with Gasteiger partial charge < -0.3 is 20.1 Å². The zero-order valence-electron chi connectivity index (χ0n) is 18.9. The number of carboxylic acid groups (broad SMARTS) is 1. The molecule has 1 aromatic rings. The molecule has 0 radical (unpaired) electrons. The van der Waals surface area contributed by atoms with Crippen molar-refractivity contribution in [2.45, 2.75) is 57.1 Å². The topological polar surface area (TPSA) is 91.8 Å². The van der Waals surface area contributed by atoms with Gasteiger partial charge >= 0.3 is 18.3 Å². The largest absolute Gasteiger partial charge is 0.490 e. The van der Waals surface area contributed by atoms with E-state index >= 15 is 0 Å². The van der Waals surface area contributed by atoms with Crippen LogP contribution in [0.1, 0.15) is 38.2 Å². The minimum atomic E-state index is -5.08. The summed E-state index contributed by atoms with van der Waals surface area (Å²) in [6.45, 7) is 2.68. The van der Waals surface area contributed by atoms with Gasteiger partial charge in [0.15, 0.2) is 10.9 Å². The zero-order chi connectivity index (χ0) is 26.8. The molecular formula is C21H26ClF6N3O4. The average molecular weight is 534 g/mol. The number of ether oxygens (including phenoxy) is 1. The summed E-state index contributed by atoms with van der Waals surface area (Å²) in [7, 11) is 1.90. The lowest BCUT2D eigenvalue weighted by Crippen LogP contribution is -2.31. The van der Waals surface area contributed by atoms with Crippen LogP contribution in [0.3, 0.4) is 0 Å². The summed E-state index contributed by atoms with van der Waals surface area (Å²) in [5, 5.41) is 10.5. The molecule has 2 atom stereocenters. The predicted molar refractivity (Wildman–Crippen MR) is 116 cm³/mol. The number of aromatic nitrogens is 1. The number of nitrogens with one attached hydrogen (secondary N) is 1. The third-order valence-corrected chi connectivity index (χ3v) is 5.06. The van der Waals surface area contributed by atoms with Gasteiger partial charge in [0.25, 0.3) is 0 Å². The van der Waals surface area contributed by atoms with Gasteiger partial charge in [-0.2, -0.15) is 26.3 Å². The molecule has 2 heterocycles. The van der Waals surface area contributed by atoms with Crippen molar-refractivity contribution in [1.82, 2.24) is 15.2 Å². The van der Waals surface area contributed by atoms with Crippen LogP contribution in [-0.4, -0.2) is 71.5 Å². The molecule has 0 spiro atoms. The molecule has 1 aliphatic heterocycles. The Labute approximate surface area is 203 Å². The third-order valence-electron chi connectivity index (χ3n) is 4.78. The summed E-state index contributed by atoms with van der Waals surface area (Å²) >= 11 is 6.10. The Balaban J connectivity index is 0.000000762. The number of rotatable bonds is 8. The molecule has 2 rings (SSSR count). The van der Waals surface area contributed by atoms with Gasteiger partial charge in [0, 0.05) is 31.6 Å². The van der Waals surface area contributed by atoms with Crippen molar-refractivity contribution in [1.29, 1.82) is 0 Å². The normalized spacial score (nSPS) is 17.2. The van der Waals surface area contributed by atoms with Gasteiger partial charge in [-0.15, -0.1) is 0 Å². The number of carbonyl (C=O) groups is 2. The predicted octanol–water partition coefficient (Wildman–Crippen LogP) is 4.70. The lowest BCUT2D eigenvalue weighted by molar-refractivity contribution is -0.192. The van der Waals surface area contributed by atoms with Crippen molar-refractivity contribution >= 4 is 29.6 Å². The van der Waals surface area contributed by atoms with Gasteiger partial charge in [0.1, 0.15) is 6.10 Å². The van der Waals surface area contributed by atoms with Gasteiger partial charge in [-0.1, -0.05) is 23.8 Å². The highest BCUT2D eigenvalue weighted by molar-refractivity contribution is 6.30. The molecule has 2 N–H and O–H groups in total. The van der Waals surface area contributed by atoms with Gasteiger partial charge in [-0.3, -0.25) is 4.79 Å². The van der Waals surface area contributed by atoms with Crippen molar-refractivity contribution < 1.29 is 45.8 Å². The van der Waals surface area contributed by atoms with Crippen LogP contribution in [0.5, 0.6) is 5.75 Å². The first-order valence-electron chi connectivity index (χ1n) is 10.4. The van der Waals surface area contributed by atoms with Crippen molar-refractivity contribution in [2.75, 3.05) is 20.1 Å². The van der Waals surface area contributed by atoms with Crippen molar-refractivity contribution in [3.63, 3.8) is 0 Å². The maximum atomic E-state index is 12.3. The smallest absolute Gasteiger partial charge is 0.485 e. The van der Waals surface area contributed by atoms with E-state index in [1.165, 1.54) is 4.90 Å². The lowest BCUT2D eigenvalue weighted by Gasteiger charge is -2.18. The van der Waals surface area contributed by atoms with Crippen LogP contribution in [0.4, 0.5) is 26.3 Å². The number of pyridine rings is 1. The summed E-state index contributed by atoms with van der Waals surface area (Å²) < 4.78 is 74.4. The van der Waals surface area contributed by atoms with Gasteiger partial charge in [0.2, 0.25) is 5.91 Å². The molecule has 0 aliphatic carbocycles. The Hall–Kier alpha value is -2.54. The number of aliphatic carboxylic acids is 1. The molecule has 14 heteroatoms. The highest BCUT2D eigenvalue weighted by Crippen LogP contribution is 2.28. The fourth-order valence-electron chi connectivity index (χ4n) is 2.78. The summed E-state index contributed by atoms with van der Waals surface area (Å²) in [6, 6.07) is 2.12. The third kappa shape index (κ3) is 12.1. The van der Waals surface area contributed by atoms with Gasteiger partial charge in [-0.25, -0.2) is 9.78 Å². The Morgan fingerprint density at radius 2 is 1.97 bits per heavy atom. The number of hydrogen-bond donors (Lipinski definition) is 2. The summed E-state index contributed by atoms with van der Waals surface area (Å²) in [4.78, 5) is 26.3. The van der Waals surface area contributed by atoms with Crippen LogP contribution in [0, 0.1) is 0 Å².